The van der Waals surface area contributed by atoms with Crippen LogP contribution in [0.3, 0.4) is 0 Å². The quantitative estimate of drug-likeness (QED) is 0.837. The zero-order chi connectivity index (χ0) is 18.6. The first-order valence-corrected chi connectivity index (χ1v) is 9.97. The van der Waals surface area contributed by atoms with Crippen molar-refractivity contribution in [2.24, 2.45) is 0 Å². The molecule has 1 heterocycles. The molecular weight excluding hydrogens is 358 g/mol. The van der Waals surface area contributed by atoms with E-state index >= 15 is 0 Å². The number of nitrogens with one attached hydrogen (secondary N) is 2. The number of benzene rings is 1. The van der Waals surface area contributed by atoms with E-state index in [0.29, 0.717) is 6.42 Å². The molecule has 2 N–H and O–H groups in total. The number of sulfonamides is 1. The van der Waals surface area contributed by atoms with Gasteiger partial charge < -0.3 is 5.32 Å². The van der Waals surface area contributed by atoms with Crippen LogP contribution in [0.1, 0.15) is 27.8 Å². The van der Waals surface area contributed by atoms with Crippen LogP contribution >= 0.6 is 11.3 Å². The highest BCUT2D eigenvalue weighted by Crippen LogP contribution is 2.22. The predicted octanol–water partition coefficient (Wildman–Crippen LogP) is 2.93. The molecule has 0 aliphatic heterocycles. The Bertz CT molecular complexity index is 927. The summed E-state index contributed by atoms with van der Waals surface area (Å²) in [5, 5.41) is 14.6. The van der Waals surface area contributed by atoms with E-state index in [0.717, 1.165) is 27.8 Å². The molecule has 0 radical (unpaired) electrons. The molecule has 0 aliphatic rings. The molecule has 25 heavy (non-hydrogen) atoms. The standard InChI is InChI=1S/C17H19N3O3S2/c1-11-8-12(2)16(13(3)15(11)4-6-18)9-19-17(21)20-25(22,23)14-5-7-24-10-14/h5,7-8,10H,4,9H2,1-3H3,(H2,19,20,21). The van der Waals surface area contributed by atoms with Gasteiger partial charge in [0.15, 0.2) is 0 Å². The van der Waals surface area contributed by atoms with Gasteiger partial charge in [0.25, 0.3) is 10.0 Å². The lowest BCUT2D eigenvalue weighted by Crippen LogP contribution is -2.39. The minimum atomic E-state index is -3.86. The van der Waals surface area contributed by atoms with Gasteiger partial charge >= 0.3 is 6.03 Å². The van der Waals surface area contributed by atoms with Gasteiger partial charge in [-0.05, 0) is 60.0 Å². The highest BCUT2D eigenvalue weighted by atomic mass is 32.2. The first-order chi connectivity index (χ1) is 11.8. The number of rotatable bonds is 5. The smallest absolute Gasteiger partial charge is 0.328 e. The number of aryl methyl sites for hydroxylation is 2. The number of thiophene rings is 1. The highest BCUT2D eigenvalue weighted by Gasteiger charge is 2.18. The fourth-order valence-corrected chi connectivity index (χ4v) is 4.64. The van der Waals surface area contributed by atoms with Crippen molar-refractivity contribution in [1.82, 2.24) is 10.0 Å². The molecule has 2 amide bonds. The second kappa shape index (κ2) is 7.68. The van der Waals surface area contributed by atoms with Crippen LogP contribution in [-0.4, -0.2) is 14.4 Å². The van der Waals surface area contributed by atoms with E-state index in [2.05, 4.69) is 11.4 Å². The van der Waals surface area contributed by atoms with Gasteiger partial charge in [0.05, 0.1) is 17.4 Å². The van der Waals surface area contributed by atoms with Gasteiger partial charge in [-0.3, -0.25) is 0 Å². The van der Waals surface area contributed by atoms with Crippen LogP contribution in [-0.2, 0) is 23.0 Å². The van der Waals surface area contributed by atoms with Crippen LogP contribution in [0.2, 0.25) is 0 Å². The average Bonchev–Trinajstić information content (AvgIpc) is 3.06. The van der Waals surface area contributed by atoms with Gasteiger partial charge in [0.1, 0.15) is 0 Å². The summed E-state index contributed by atoms with van der Waals surface area (Å²) >= 11 is 1.24. The summed E-state index contributed by atoms with van der Waals surface area (Å²) in [7, 11) is -3.86. The highest BCUT2D eigenvalue weighted by molar-refractivity contribution is 7.90. The molecule has 1 aromatic heterocycles. The second-order valence-corrected chi connectivity index (χ2v) is 8.14. The minimum Gasteiger partial charge on any atom is -0.333 e. The second-order valence-electron chi connectivity index (χ2n) is 5.67. The molecular formula is C17H19N3O3S2. The van der Waals surface area contributed by atoms with Crippen LogP contribution < -0.4 is 10.0 Å². The summed E-state index contributed by atoms with van der Waals surface area (Å²) in [5.41, 5.74) is 4.79. The Morgan fingerprint density at radius 1 is 1.24 bits per heavy atom. The van der Waals surface area contributed by atoms with Crippen LogP contribution in [0.4, 0.5) is 4.79 Å². The van der Waals surface area contributed by atoms with Crippen molar-refractivity contribution in [1.29, 1.82) is 5.26 Å². The van der Waals surface area contributed by atoms with Crippen LogP contribution in [0.15, 0.2) is 27.8 Å². The third kappa shape index (κ3) is 4.38. The maximum Gasteiger partial charge on any atom is 0.328 e. The van der Waals surface area contributed by atoms with E-state index in [-0.39, 0.29) is 11.4 Å². The van der Waals surface area contributed by atoms with Crippen LogP contribution in [0.5, 0.6) is 0 Å². The number of carbonyl (C=O) groups is 1. The average molecular weight is 377 g/mol. The molecule has 0 saturated heterocycles. The monoisotopic (exact) mass is 377 g/mol. The van der Waals surface area contributed by atoms with Crippen LogP contribution in [0.25, 0.3) is 0 Å². The Kier molecular flexibility index (Phi) is 5.82. The lowest BCUT2D eigenvalue weighted by molar-refractivity contribution is 0.245. The van der Waals surface area contributed by atoms with E-state index in [4.69, 9.17) is 5.26 Å². The van der Waals surface area contributed by atoms with Crippen molar-refractivity contribution in [3.05, 3.63) is 50.7 Å². The minimum absolute atomic E-state index is 0.0617. The Morgan fingerprint density at radius 3 is 2.52 bits per heavy atom. The molecule has 0 atom stereocenters. The number of nitrogens with zero attached hydrogens (tertiary/aromatic N) is 1. The summed E-state index contributed by atoms with van der Waals surface area (Å²) in [6.45, 7) is 5.96. The van der Waals surface area contributed by atoms with Crippen molar-refractivity contribution < 1.29 is 13.2 Å². The number of urea groups is 1. The lowest BCUT2D eigenvalue weighted by Gasteiger charge is -2.16. The van der Waals surface area contributed by atoms with Gasteiger partial charge in [0.2, 0.25) is 0 Å². The Hall–Kier alpha value is -2.37. The molecule has 6 nitrogen and oxygen atoms in total. The van der Waals surface area contributed by atoms with Crippen molar-refractivity contribution in [2.75, 3.05) is 0 Å². The number of amides is 2. The largest absolute Gasteiger partial charge is 0.333 e. The van der Waals surface area contributed by atoms with E-state index in [9.17, 15) is 13.2 Å². The third-order valence-electron chi connectivity index (χ3n) is 4.00. The fourth-order valence-electron chi connectivity index (χ4n) is 2.69. The third-order valence-corrected chi connectivity index (χ3v) is 6.17. The number of nitriles is 1. The van der Waals surface area contributed by atoms with E-state index < -0.39 is 16.1 Å². The molecule has 1 aromatic carbocycles. The summed E-state index contributed by atoms with van der Waals surface area (Å²) in [4.78, 5) is 12.0. The molecule has 132 valence electrons. The summed E-state index contributed by atoms with van der Waals surface area (Å²) in [6, 6.07) is 4.76. The molecule has 0 unspecified atom stereocenters. The Morgan fingerprint density at radius 2 is 1.92 bits per heavy atom. The maximum atomic E-state index is 12.0. The molecule has 0 bridgehead atoms. The van der Waals surface area contributed by atoms with Crippen molar-refractivity contribution in [3.63, 3.8) is 0 Å². The SMILES string of the molecule is Cc1cc(C)c(CNC(=O)NS(=O)(=O)c2ccsc2)c(C)c1CC#N. The Labute approximate surface area is 151 Å². The first kappa shape index (κ1) is 19.0. The molecule has 2 rings (SSSR count). The van der Waals surface area contributed by atoms with E-state index in [1.165, 1.54) is 22.8 Å². The topological polar surface area (TPSA) is 99.1 Å². The van der Waals surface area contributed by atoms with Gasteiger partial charge in [-0.25, -0.2) is 17.9 Å². The number of hydrogen-bond donors (Lipinski definition) is 2. The number of carbonyl (C=O) groups excluding carboxylic acids is 1. The first-order valence-electron chi connectivity index (χ1n) is 7.54. The Balaban J connectivity index is 2.13. The zero-order valence-electron chi connectivity index (χ0n) is 14.2. The maximum absolute atomic E-state index is 12.0. The van der Waals surface area contributed by atoms with E-state index in [1.54, 1.807) is 5.38 Å². The fraction of sp³-hybridized carbons (Fsp3) is 0.294. The summed E-state index contributed by atoms with van der Waals surface area (Å²) in [5.74, 6) is 0. The van der Waals surface area contributed by atoms with Crippen LogP contribution in [0, 0.1) is 32.1 Å². The van der Waals surface area contributed by atoms with Crippen molar-refractivity contribution in [2.45, 2.75) is 38.6 Å². The molecule has 2 aromatic rings. The van der Waals surface area contributed by atoms with Gasteiger partial charge in [-0.1, -0.05) is 6.07 Å². The van der Waals surface area contributed by atoms with E-state index in [1.807, 2.05) is 31.6 Å². The van der Waals surface area contributed by atoms with Gasteiger partial charge in [0, 0.05) is 11.9 Å². The summed E-state index contributed by atoms with van der Waals surface area (Å²) < 4.78 is 26.1. The van der Waals surface area contributed by atoms with Crippen molar-refractivity contribution >= 4 is 27.4 Å². The molecule has 0 fully saturated rings. The molecule has 0 spiro atoms. The molecule has 8 heteroatoms. The number of hydrogen-bond acceptors (Lipinski definition) is 5. The predicted molar refractivity (Wildman–Crippen MR) is 96.8 cm³/mol. The van der Waals surface area contributed by atoms with Gasteiger partial charge in [-0.2, -0.15) is 16.6 Å². The normalized spacial score (nSPS) is 11.0. The zero-order valence-corrected chi connectivity index (χ0v) is 15.8. The lowest BCUT2D eigenvalue weighted by atomic mass is 9.92. The molecule has 0 aliphatic carbocycles. The van der Waals surface area contributed by atoms with Gasteiger partial charge in [-0.15, -0.1) is 0 Å². The summed E-state index contributed by atoms with van der Waals surface area (Å²) in [6.07, 6.45) is 0.295. The van der Waals surface area contributed by atoms with Crippen molar-refractivity contribution in [3.8, 4) is 6.07 Å². The molecule has 0 saturated carbocycles.